The fourth-order valence-corrected chi connectivity index (χ4v) is 4.05. The SMILES string of the molecule is C=CC1(COC(=O)C(O)C(C)C)CC2OC(=O)C(=C)C2C(O)C1C(=C)C. The van der Waals surface area contributed by atoms with Gasteiger partial charge in [0.25, 0.3) is 0 Å². The van der Waals surface area contributed by atoms with Gasteiger partial charge < -0.3 is 19.7 Å². The maximum absolute atomic E-state index is 12.1. The van der Waals surface area contributed by atoms with E-state index < -0.39 is 47.5 Å². The molecule has 0 aromatic carbocycles. The summed E-state index contributed by atoms with van der Waals surface area (Å²) in [5.74, 6) is -2.54. The molecule has 1 aliphatic heterocycles. The minimum atomic E-state index is -1.23. The van der Waals surface area contributed by atoms with Gasteiger partial charge in [-0.1, -0.05) is 38.7 Å². The molecule has 6 nitrogen and oxygen atoms in total. The van der Waals surface area contributed by atoms with Crippen LogP contribution >= 0.6 is 0 Å². The first kappa shape index (κ1) is 20.4. The van der Waals surface area contributed by atoms with Crippen LogP contribution < -0.4 is 0 Å². The molecular formula is C20H28O6. The Balaban J connectivity index is 2.31. The third-order valence-corrected chi connectivity index (χ3v) is 5.53. The first-order valence-electron chi connectivity index (χ1n) is 8.77. The van der Waals surface area contributed by atoms with Crippen LogP contribution in [0.1, 0.15) is 27.2 Å². The van der Waals surface area contributed by atoms with Crippen molar-refractivity contribution in [1.82, 2.24) is 0 Å². The van der Waals surface area contributed by atoms with E-state index in [0.717, 1.165) is 0 Å². The van der Waals surface area contributed by atoms with Gasteiger partial charge in [-0.25, -0.2) is 9.59 Å². The highest BCUT2D eigenvalue weighted by Crippen LogP contribution is 2.52. The second kappa shape index (κ2) is 7.37. The van der Waals surface area contributed by atoms with E-state index in [1.807, 2.05) is 0 Å². The zero-order valence-electron chi connectivity index (χ0n) is 15.6. The van der Waals surface area contributed by atoms with Crippen molar-refractivity contribution in [3.05, 3.63) is 37.0 Å². The van der Waals surface area contributed by atoms with Gasteiger partial charge in [0.2, 0.25) is 0 Å². The van der Waals surface area contributed by atoms with Gasteiger partial charge in [0.05, 0.1) is 12.0 Å². The summed E-state index contributed by atoms with van der Waals surface area (Å²) in [5.41, 5.74) is 0.0750. The number of esters is 2. The first-order valence-corrected chi connectivity index (χ1v) is 8.77. The second-order valence-corrected chi connectivity index (χ2v) is 7.75. The average Bonchev–Trinajstić information content (AvgIpc) is 2.85. The molecule has 6 heteroatoms. The Morgan fingerprint density at radius 2 is 2.12 bits per heavy atom. The Labute approximate surface area is 154 Å². The molecule has 0 radical (unpaired) electrons. The van der Waals surface area contributed by atoms with Crippen LogP contribution in [0.5, 0.6) is 0 Å². The Kier molecular flexibility index (Phi) is 5.78. The van der Waals surface area contributed by atoms with Crippen molar-refractivity contribution in [1.29, 1.82) is 0 Å². The minimum Gasteiger partial charge on any atom is -0.463 e. The molecule has 144 valence electrons. The molecule has 2 fully saturated rings. The van der Waals surface area contributed by atoms with E-state index in [-0.39, 0.29) is 18.1 Å². The molecule has 1 saturated carbocycles. The smallest absolute Gasteiger partial charge is 0.335 e. The van der Waals surface area contributed by atoms with E-state index in [9.17, 15) is 19.8 Å². The van der Waals surface area contributed by atoms with Crippen molar-refractivity contribution < 1.29 is 29.3 Å². The van der Waals surface area contributed by atoms with Crippen LogP contribution in [0.3, 0.4) is 0 Å². The van der Waals surface area contributed by atoms with Crippen LogP contribution in [-0.4, -0.2) is 47.1 Å². The molecule has 1 aliphatic carbocycles. The van der Waals surface area contributed by atoms with E-state index in [0.29, 0.717) is 12.0 Å². The molecule has 6 unspecified atom stereocenters. The number of hydrogen-bond donors (Lipinski definition) is 2. The van der Waals surface area contributed by atoms with Crippen molar-refractivity contribution in [3.63, 3.8) is 0 Å². The first-order chi connectivity index (χ1) is 12.1. The monoisotopic (exact) mass is 364 g/mol. The molecule has 0 spiro atoms. The zero-order chi connectivity index (χ0) is 19.8. The Morgan fingerprint density at radius 3 is 2.62 bits per heavy atom. The van der Waals surface area contributed by atoms with E-state index >= 15 is 0 Å². The lowest BCUT2D eigenvalue weighted by atomic mass is 9.58. The second-order valence-electron chi connectivity index (χ2n) is 7.75. The van der Waals surface area contributed by atoms with Gasteiger partial charge in [-0.3, -0.25) is 0 Å². The van der Waals surface area contributed by atoms with E-state index in [2.05, 4.69) is 19.7 Å². The Morgan fingerprint density at radius 1 is 1.50 bits per heavy atom. The summed E-state index contributed by atoms with van der Waals surface area (Å²) >= 11 is 0. The fraction of sp³-hybridized carbons (Fsp3) is 0.600. The van der Waals surface area contributed by atoms with Crippen LogP contribution in [0.25, 0.3) is 0 Å². The van der Waals surface area contributed by atoms with E-state index in [4.69, 9.17) is 9.47 Å². The Hall–Kier alpha value is -1.92. The minimum absolute atomic E-state index is 0.0963. The Bertz CT molecular complexity index is 636. The molecule has 2 N–H and O–H groups in total. The van der Waals surface area contributed by atoms with Gasteiger partial charge >= 0.3 is 11.9 Å². The molecule has 0 amide bonds. The van der Waals surface area contributed by atoms with E-state index in [1.54, 1.807) is 26.8 Å². The lowest BCUT2D eigenvalue weighted by Crippen LogP contribution is -2.53. The fourth-order valence-electron chi connectivity index (χ4n) is 4.05. The average molecular weight is 364 g/mol. The van der Waals surface area contributed by atoms with Crippen molar-refractivity contribution >= 4 is 11.9 Å². The molecule has 0 aromatic rings. The van der Waals surface area contributed by atoms with Crippen molar-refractivity contribution in [2.75, 3.05) is 6.61 Å². The summed E-state index contributed by atoms with van der Waals surface area (Å²) in [6.07, 6.45) is -0.809. The molecule has 1 heterocycles. The van der Waals surface area contributed by atoms with Gasteiger partial charge in [-0.15, -0.1) is 6.58 Å². The molecule has 0 bridgehead atoms. The topological polar surface area (TPSA) is 93.1 Å². The third-order valence-electron chi connectivity index (χ3n) is 5.53. The number of carbonyl (C=O) groups is 2. The maximum atomic E-state index is 12.1. The predicted octanol–water partition coefficient (Wildman–Crippen LogP) is 1.77. The highest BCUT2D eigenvalue weighted by atomic mass is 16.6. The summed E-state index contributed by atoms with van der Waals surface area (Å²) in [4.78, 5) is 24.0. The number of fused-ring (bicyclic) bond motifs is 1. The quantitative estimate of drug-likeness (QED) is 0.424. The highest BCUT2D eigenvalue weighted by Gasteiger charge is 2.57. The van der Waals surface area contributed by atoms with Gasteiger partial charge in [0.1, 0.15) is 12.7 Å². The largest absolute Gasteiger partial charge is 0.463 e. The number of aliphatic hydroxyl groups is 2. The summed E-state index contributed by atoms with van der Waals surface area (Å²) < 4.78 is 10.7. The summed E-state index contributed by atoms with van der Waals surface area (Å²) in [5, 5.41) is 20.8. The molecule has 2 aliphatic rings. The van der Waals surface area contributed by atoms with Gasteiger partial charge in [0, 0.05) is 16.9 Å². The molecular weight excluding hydrogens is 336 g/mol. The van der Waals surface area contributed by atoms with Crippen LogP contribution in [0.2, 0.25) is 0 Å². The molecule has 26 heavy (non-hydrogen) atoms. The summed E-state index contributed by atoms with van der Waals surface area (Å²) in [7, 11) is 0. The standard InChI is InChI=1S/C20H28O6/c1-7-20(9-25-19(24)16(21)11(4)5)8-13-14(12(6)18(23)26-13)17(22)15(20)10(2)3/h7,11,13-17,21-22H,1-2,6,8-9H2,3-5H3. The normalized spacial score (nSPS) is 34.8. The van der Waals surface area contributed by atoms with Gasteiger partial charge in [-0.05, 0) is 19.3 Å². The number of aliphatic hydroxyl groups excluding tert-OH is 2. The lowest BCUT2D eigenvalue weighted by molar-refractivity contribution is -0.166. The number of ether oxygens (including phenoxy) is 2. The lowest BCUT2D eigenvalue weighted by Gasteiger charge is -2.48. The highest BCUT2D eigenvalue weighted by molar-refractivity contribution is 5.91. The van der Waals surface area contributed by atoms with Crippen molar-refractivity contribution in [2.24, 2.45) is 23.2 Å². The van der Waals surface area contributed by atoms with Crippen LogP contribution in [0.15, 0.2) is 37.0 Å². The van der Waals surface area contributed by atoms with Crippen molar-refractivity contribution in [3.8, 4) is 0 Å². The third kappa shape index (κ3) is 3.35. The molecule has 1 saturated heterocycles. The maximum Gasteiger partial charge on any atom is 0.335 e. The molecule has 0 aromatic heterocycles. The van der Waals surface area contributed by atoms with Gasteiger partial charge in [0.15, 0.2) is 6.10 Å². The molecule has 2 rings (SSSR count). The summed E-state index contributed by atoms with van der Waals surface area (Å²) in [6, 6.07) is 0. The van der Waals surface area contributed by atoms with Gasteiger partial charge in [-0.2, -0.15) is 0 Å². The molecule has 6 atom stereocenters. The van der Waals surface area contributed by atoms with E-state index in [1.165, 1.54) is 0 Å². The zero-order valence-corrected chi connectivity index (χ0v) is 15.6. The summed E-state index contributed by atoms with van der Waals surface area (Å²) in [6.45, 7) is 16.7. The van der Waals surface area contributed by atoms with Crippen LogP contribution in [0, 0.1) is 23.2 Å². The van der Waals surface area contributed by atoms with Crippen LogP contribution in [0.4, 0.5) is 0 Å². The number of rotatable bonds is 6. The predicted molar refractivity (Wildman–Crippen MR) is 95.9 cm³/mol. The van der Waals surface area contributed by atoms with Crippen molar-refractivity contribution in [2.45, 2.75) is 45.5 Å². The number of carbonyl (C=O) groups excluding carboxylic acids is 2. The number of hydrogen-bond acceptors (Lipinski definition) is 6. The van der Waals surface area contributed by atoms with Crippen LogP contribution in [-0.2, 0) is 19.1 Å².